The minimum Gasteiger partial charge on any atom is -0.490 e. The van der Waals surface area contributed by atoms with E-state index >= 15 is 0 Å². The molecule has 2 atom stereocenters. The summed E-state index contributed by atoms with van der Waals surface area (Å²) in [5.41, 5.74) is 4.05. The first-order valence-corrected chi connectivity index (χ1v) is 14.1. The lowest BCUT2D eigenvalue weighted by Gasteiger charge is -2.21. The standard InChI is InChI=1S/C29H30BrCl2N3O5/c1-4-38-26-15-20(13-22(30)27(26)39-5-2)17-33-35-29(37)24(14-19-9-7-6-8-10-19)34-28(36)18(3)40-25-12-11-21(31)16-23(25)32/h6-13,15-18,24H,4-5,14H2,1-3H3,(H,34,36)(H,35,37)/b33-17-/t18-,24-/m0/s1. The normalized spacial score (nSPS) is 12.4. The van der Waals surface area contributed by atoms with Crippen LogP contribution in [-0.2, 0) is 16.0 Å². The third-order valence-corrected chi connectivity index (χ3v) is 6.61. The van der Waals surface area contributed by atoms with E-state index in [-0.39, 0.29) is 11.4 Å². The van der Waals surface area contributed by atoms with E-state index < -0.39 is 24.0 Å². The fraction of sp³-hybridized carbons (Fsp3) is 0.276. The van der Waals surface area contributed by atoms with Crippen LogP contribution in [0.1, 0.15) is 31.9 Å². The van der Waals surface area contributed by atoms with Gasteiger partial charge in [0.15, 0.2) is 17.6 Å². The number of nitrogens with one attached hydrogen (secondary N) is 2. The van der Waals surface area contributed by atoms with Gasteiger partial charge in [-0.3, -0.25) is 9.59 Å². The Labute approximate surface area is 252 Å². The molecule has 0 bridgehead atoms. The lowest BCUT2D eigenvalue weighted by molar-refractivity contribution is -0.132. The van der Waals surface area contributed by atoms with Crippen LogP contribution in [0, 0.1) is 0 Å². The van der Waals surface area contributed by atoms with Gasteiger partial charge in [-0.1, -0.05) is 53.5 Å². The number of benzene rings is 3. The molecule has 0 saturated carbocycles. The minimum absolute atomic E-state index is 0.242. The zero-order valence-electron chi connectivity index (χ0n) is 22.2. The Balaban J connectivity index is 1.73. The van der Waals surface area contributed by atoms with Gasteiger partial charge in [-0.05, 0) is 78.2 Å². The maximum absolute atomic E-state index is 13.2. The van der Waals surface area contributed by atoms with Crippen LogP contribution in [-0.4, -0.2) is 43.4 Å². The maximum Gasteiger partial charge on any atom is 0.262 e. The number of hydrogen-bond acceptors (Lipinski definition) is 6. The molecule has 3 aromatic carbocycles. The molecule has 0 aliphatic carbocycles. The van der Waals surface area contributed by atoms with Gasteiger partial charge in [-0.2, -0.15) is 5.10 Å². The predicted molar refractivity (Wildman–Crippen MR) is 161 cm³/mol. The Morgan fingerprint density at radius 1 is 0.975 bits per heavy atom. The number of ether oxygens (including phenoxy) is 3. The summed E-state index contributed by atoms with van der Waals surface area (Å²) in [6.07, 6.45) is 0.786. The Morgan fingerprint density at radius 3 is 2.38 bits per heavy atom. The molecule has 8 nitrogen and oxygen atoms in total. The Bertz CT molecular complexity index is 1340. The van der Waals surface area contributed by atoms with E-state index in [1.807, 2.05) is 44.2 Å². The van der Waals surface area contributed by atoms with Gasteiger partial charge in [0.1, 0.15) is 11.8 Å². The second-order valence-corrected chi connectivity index (χ2v) is 10.2. The van der Waals surface area contributed by atoms with Crippen LogP contribution < -0.4 is 25.0 Å². The molecule has 0 spiro atoms. The number of hydrogen-bond donors (Lipinski definition) is 2. The average molecular weight is 651 g/mol. The summed E-state index contributed by atoms with van der Waals surface area (Å²) in [5, 5.41) is 7.58. The van der Waals surface area contributed by atoms with Crippen molar-refractivity contribution >= 4 is 57.2 Å². The summed E-state index contributed by atoms with van der Waals surface area (Å²) in [4.78, 5) is 26.1. The SMILES string of the molecule is CCOc1cc(/C=N\NC(=O)[C@H](Cc2ccccc2)NC(=O)[C@H](C)Oc2ccc(Cl)cc2Cl)cc(Br)c1OCC. The lowest BCUT2D eigenvalue weighted by atomic mass is 10.1. The number of halogens is 3. The highest BCUT2D eigenvalue weighted by Crippen LogP contribution is 2.36. The molecule has 11 heteroatoms. The van der Waals surface area contributed by atoms with Crippen LogP contribution in [0.25, 0.3) is 0 Å². The fourth-order valence-corrected chi connectivity index (χ4v) is 4.65. The van der Waals surface area contributed by atoms with Gasteiger partial charge < -0.3 is 19.5 Å². The summed E-state index contributed by atoms with van der Waals surface area (Å²) in [5.74, 6) is 0.446. The van der Waals surface area contributed by atoms with Crippen molar-refractivity contribution in [1.82, 2.24) is 10.7 Å². The van der Waals surface area contributed by atoms with Crippen LogP contribution in [0.15, 0.2) is 70.2 Å². The van der Waals surface area contributed by atoms with Crippen LogP contribution in [0.5, 0.6) is 17.2 Å². The highest BCUT2D eigenvalue weighted by molar-refractivity contribution is 9.10. The summed E-state index contributed by atoms with van der Waals surface area (Å²) < 4.78 is 17.8. The molecule has 0 fully saturated rings. The number of hydrazone groups is 1. The van der Waals surface area contributed by atoms with Gasteiger partial charge in [0.2, 0.25) is 0 Å². The first kappa shape index (κ1) is 31.3. The number of carbonyl (C=O) groups is 2. The predicted octanol–water partition coefficient (Wildman–Crippen LogP) is 6.20. The second kappa shape index (κ2) is 15.5. The molecule has 2 amide bonds. The first-order valence-electron chi connectivity index (χ1n) is 12.6. The number of nitrogens with zero attached hydrogens (tertiary/aromatic N) is 1. The highest BCUT2D eigenvalue weighted by atomic mass is 79.9. The Hall–Kier alpha value is -3.27. The van der Waals surface area contributed by atoms with Gasteiger partial charge in [-0.25, -0.2) is 5.43 Å². The highest BCUT2D eigenvalue weighted by Gasteiger charge is 2.25. The summed E-state index contributed by atoms with van der Waals surface area (Å²) in [7, 11) is 0. The average Bonchev–Trinajstić information content (AvgIpc) is 2.92. The molecule has 40 heavy (non-hydrogen) atoms. The number of rotatable bonds is 13. The minimum atomic E-state index is -0.938. The van der Waals surface area contributed by atoms with Crippen molar-refractivity contribution < 1.29 is 23.8 Å². The maximum atomic E-state index is 13.2. The van der Waals surface area contributed by atoms with Gasteiger partial charge in [0.25, 0.3) is 11.8 Å². The Morgan fingerprint density at radius 2 is 1.70 bits per heavy atom. The Kier molecular flexibility index (Phi) is 12.1. The fourth-order valence-electron chi connectivity index (χ4n) is 3.62. The molecule has 0 aromatic heterocycles. The molecular weight excluding hydrogens is 621 g/mol. The molecule has 0 aliphatic heterocycles. The topological polar surface area (TPSA) is 98.2 Å². The van der Waals surface area contributed by atoms with Crippen LogP contribution in [0.4, 0.5) is 0 Å². The van der Waals surface area contributed by atoms with Crippen molar-refractivity contribution in [3.8, 4) is 17.2 Å². The third-order valence-electron chi connectivity index (χ3n) is 5.49. The molecule has 0 saturated heterocycles. The molecule has 0 radical (unpaired) electrons. The number of carbonyl (C=O) groups excluding carboxylic acids is 2. The largest absolute Gasteiger partial charge is 0.490 e. The molecular formula is C29H30BrCl2N3O5. The van der Waals surface area contributed by atoms with Crippen molar-refractivity contribution in [1.29, 1.82) is 0 Å². The van der Waals surface area contributed by atoms with Crippen molar-refractivity contribution in [3.05, 3.63) is 86.3 Å². The van der Waals surface area contributed by atoms with Crippen molar-refractivity contribution in [2.45, 2.75) is 39.3 Å². The molecule has 2 N–H and O–H groups in total. The van der Waals surface area contributed by atoms with Crippen LogP contribution >= 0.6 is 39.1 Å². The van der Waals surface area contributed by atoms with E-state index in [0.717, 1.165) is 5.56 Å². The first-order chi connectivity index (χ1) is 19.2. The summed E-state index contributed by atoms with van der Waals surface area (Å²) in [6.45, 7) is 6.26. The molecule has 3 aromatic rings. The van der Waals surface area contributed by atoms with Crippen LogP contribution in [0.3, 0.4) is 0 Å². The van der Waals surface area contributed by atoms with E-state index in [0.29, 0.717) is 45.5 Å². The zero-order chi connectivity index (χ0) is 29.1. The van der Waals surface area contributed by atoms with Crippen molar-refractivity contribution in [3.63, 3.8) is 0 Å². The quantitative estimate of drug-likeness (QED) is 0.170. The second-order valence-electron chi connectivity index (χ2n) is 8.52. The van der Waals surface area contributed by atoms with Crippen molar-refractivity contribution in [2.75, 3.05) is 13.2 Å². The van der Waals surface area contributed by atoms with Crippen LogP contribution in [0.2, 0.25) is 10.0 Å². The van der Waals surface area contributed by atoms with E-state index in [2.05, 4.69) is 31.8 Å². The van der Waals surface area contributed by atoms with E-state index in [1.54, 1.807) is 31.2 Å². The van der Waals surface area contributed by atoms with Gasteiger partial charge in [0.05, 0.1) is 28.9 Å². The lowest BCUT2D eigenvalue weighted by Crippen LogP contribution is -2.50. The van der Waals surface area contributed by atoms with Gasteiger partial charge in [0, 0.05) is 11.4 Å². The molecule has 0 heterocycles. The van der Waals surface area contributed by atoms with E-state index in [1.165, 1.54) is 12.3 Å². The number of amides is 2. The third kappa shape index (κ3) is 9.15. The summed E-state index contributed by atoms with van der Waals surface area (Å²) >= 11 is 15.6. The summed E-state index contributed by atoms with van der Waals surface area (Å²) in [6, 6.07) is 16.7. The molecule has 212 valence electrons. The molecule has 0 aliphatic rings. The smallest absolute Gasteiger partial charge is 0.262 e. The van der Waals surface area contributed by atoms with E-state index in [9.17, 15) is 9.59 Å². The van der Waals surface area contributed by atoms with Crippen molar-refractivity contribution in [2.24, 2.45) is 5.10 Å². The zero-order valence-corrected chi connectivity index (χ0v) is 25.3. The van der Waals surface area contributed by atoms with Gasteiger partial charge in [-0.15, -0.1) is 0 Å². The van der Waals surface area contributed by atoms with Gasteiger partial charge >= 0.3 is 0 Å². The van der Waals surface area contributed by atoms with E-state index in [4.69, 9.17) is 37.4 Å². The molecule has 0 unspecified atom stereocenters. The molecule has 3 rings (SSSR count). The monoisotopic (exact) mass is 649 g/mol.